The summed E-state index contributed by atoms with van der Waals surface area (Å²) in [6, 6.07) is 9.07. The fraction of sp³-hybridized carbons (Fsp3) is 0.263. The molecular weight excluding hydrogens is 409 g/mol. The van der Waals surface area contributed by atoms with Crippen LogP contribution in [0.5, 0.6) is 17.2 Å². The number of nitrogens with one attached hydrogen (secondary N) is 2. The summed E-state index contributed by atoms with van der Waals surface area (Å²) < 4.78 is 50.6. The average molecular weight is 426 g/mol. The number of alkyl halides is 3. The van der Waals surface area contributed by atoms with Crippen molar-refractivity contribution in [3.8, 4) is 17.2 Å². The highest BCUT2D eigenvalue weighted by atomic mass is 19.4. The molecule has 1 unspecified atom stereocenters. The molecule has 1 heterocycles. The van der Waals surface area contributed by atoms with Gasteiger partial charge in [0.1, 0.15) is 11.4 Å². The van der Waals surface area contributed by atoms with Crippen LogP contribution in [0.4, 0.5) is 18.9 Å². The van der Waals surface area contributed by atoms with Gasteiger partial charge in [0.25, 0.3) is 0 Å². The number of halogens is 3. The number of fused-ring (bicyclic) bond motifs is 1. The lowest BCUT2D eigenvalue weighted by Crippen LogP contribution is -2.43. The minimum absolute atomic E-state index is 0.0706. The number of carbonyl (C=O) groups is 2. The van der Waals surface area contributed by atoms with E-state index in [1.54, 1.807) is 18.2 Å². The Morgan fingerprint density at radius 3 is 2.40 bits per heavy atom. The Morgan fingerprint density at radius 2 is 1.73 bits per heavy atom. The Balaban J connectivity index is 1.54. The van der Waals surface area contributed by atoms with Gasteiger partial charge < -0.3 is 30.0 Å². The van der Waals surface area contributed by atoms with Crippen molar-refractivity contribution < 1.29 is 42.1 Å². The van der Waals surface area contributed by atoms with Crippen LogP contribution in [0.2, 0.25) is 0 Å². The number of hydrogen-bond donors (Lipinski definition) is 3. The summed E-state index contributed by atoms with van der Waals surface area (Å²) in [4.78, 5) is 24.0. The number of benzene rings is 2. The van der Waals surface area contributed by atoms with Crippen LogP contribution in [-0.2, 0) is 15.2 Å². The van der Waals surface area contributed by atoms with Crippen LogP contribution in [-0.4, -0.2) is 36.6 Å². The maximum Gasteiger partial charge on any atom is 0.573 e. The van der Waals surface area contributed by atoms with Gasteiger partial charge in [-0.1, -0.05) is 6.07 Å². The van der Waals surface area contributed by atoms with Gasteiger partial charge in [-0.2, -0.15) is 0 Å². The van der Waals surface area contributed by atoms with Crippen LogP contribution >= 0.6 is 0 Å². The van der Waals surface area contributed by atoms with Crippen molar-refractivity contribution in [1.82, 2.24) is 5.32 Å². The fourth-order valence-corrected chi connectivity index (χ4v) is 2.59. The number of aliphatic hydroxyl groups is 1. The molecule has 0 bridgehead atoms. The molecule has 1 aliphatic heterocycles. The van der Waals surface area contributed by atoms with E-state index >= 15 is 0 Å². The van der Waals surface area contributed by atoms with E-state index < -0.39 is 29.5 Å². The third-order valence-electron chi connectivity index (χ3n) is 4.14. The lowest BCUT2D eigenvalue weighted by molar-refractivity contribution is -0.274. The second kappa shape index (κ2) is 8.11. The molecule has 30 heavy (non-hydrogen) atoms. The number of carbonyl (C=O) groups excluding carboxylic acids is 2. The van der Waals surface area contributed by atoms with Crippen molar-refractivity contribution in [3.63, 3.8) is 0 Å². The van der Waals surface area contributed by atoms with E-state index in [1.165, 1.54) is 6.92 Å². The first kappa shape index (κ1) is 21.2. The number of amides is 2. The molecule has 3 N–H and O–H groups in total. The first-order valence-electron chi connectivity index (χ1n) is 8.61. The predicted molar refractivity (Wildman–Crippen MR) is 96.9 cm³/mol. The predicted octanol–water partition coefficient (Wildman–Crippen LogP) is 2.28. The number of ether oxygens (including phenoxy) is 3. The Hall–Kier alpha value is -3.47. The van der Waals surface area contributed by atoms with Gasteiger partial charge in [0.05, 0.1) is 6.54 Å². The van der Waals surface area contributed by atoms with Gasteiger partial charge in [-0.15, -0.1) is 13.2 Å². The van der Waals surface area contributed by atoms with E-state index in [1.807, 2.05) is 0 Å². The molecule has 2 aromatic rings. The summed E-state index contributed by atoms with van der Waals surface area (Å²) in [6.07, 6.45) is -4.83. The Morgan fingerprint density at radius 1 is 1.07 bits per heavy atom. The maximum absolute atomic E-state index is 12.1. The number of hydrogen-bond acceptors (Lipinski definition) is 6. The van der Waals surface area contributed by atoms with Crippen LogP contribution in [0.15, 0.2) is 42.5 Å². The summed E-state index contributed by atoms with van der Waals surface area (Å²) >= 11 is 0. The molecule has 11 heteroatoms. The molecular formula is C19H17F3N2O6. The molecule has 0 aliphatic carbocycles. The first-order valence-corrected chi connectivity index (χ1v) is 8.61. The van der Waals surface area contributed by atoms with Crippen molar-refractivity contribution in [3.05, 3.63) is 48.0 Å². The highest BCUT2D eigenvalue weighted by Crippen LogP contribution is 2.35. The monoisotopic (exact) mass is 426 g/mol. The smallest absolute Gasteiger partial charge is 0.454 e. The quantitative estimate of drug-likeness (QED) is 0.634. The molecule has 0 aromatic heterocycles. The molecule has 160 valence electrons. The maximum atomic E-state index is 12.1. The van der Waals surface area contributed by atoms with Crippen LogP contribution in [0.3, 0.4) is 0 Å². The van der Waals surface area contributed by atoms with Crippen LogP contribution in [0.25, 0.3) is 0 Å². The molecule has 8 nitrogen and oxygen atoms in total. The molecule has 0 saturated heterocycles. The van der Waals surface area contributed by atoms with E-state index in [-0.39, 0.29) is 19.0 Å². The minimum Gasteiger partial charge on any atom is -0.454 e. The normalized spacial score (nSPS) is 14.6. The van der Waals surface area contributed by atoms with Crippen molar-refractivity contribution in [2.75, 3.05) is 18.7 Å². The molecule has 3 rings (SSSR count). The number of rotatable bonds is 5. The second-order valence-electron chi connectivity index (χ2n) is 6.55. The van der Waals surface area contributed by atoms with Crippen molar-refractivity contribution in [2.45, 2.75) is 18.9 Å². The molecule has 0 saturated carbocycles. The van der Waals surface area contributed by atoms with Crippen molar-refractivity contribution in [2.24, 2.45) is 0 Å². The Kier molecular flexibility index (Phi) is 5.74. The third-order valence-corrected chi connectivity index (χ3v) is 4.14. The SMILES string of the molecule is CC(O)(CNC(=O)C(=O)Nc1ccc(OC(F)(F)F)cc1)c1ccc2c(c1)OCO2. The van der Waals surface area contributed by atoms with E-state index in [4.69, 9.17) is 9.47 Å². The molecule has 0 fully saturated rings. The van der Waals surface area contributed by atoms with Gasteiger partial charge in [0.2, 0.25) is 6.79 Å². The van der Waals surface area contributed by atoms with Crippen LogP contribution in [0.1, 0.15) is 12.5 Å². The van der Waals surface area contributed by atoms with Gasteiger partial charge in [-0.05, 0) is 48.9 Å². The second-order valence-corrected chi connectivity index (χ2v) is 6.55. The van der Waals surface area contributed by atoms with Gasteiger partial charge >= 0.3 is 18.2 Å². The van der Waals surface area contributed by atoms with E-state index in [0.717, 1.165) is 24.3 Å². The van der Waals surface area contributed by atoms with Gasteiger partial charge in [0, 0.05) is 5.69 Å². The molecule has 2 amide bonds. The lowest BCUT2D eigenvalue weighted by Gasteiger charge is -2.24. The zero-order chi connectivity index (χ0) is 21.9. The molecule has 0 radical (unpaired) electrons. The fourth-order valence-electron chi connectivity index (χ4n) is 2.59. The topological polar surface area (TPSA) is 106 Å². The summed E-state index contributed by atoms with van der Waals surface area (Å²) in [5.41, 5.74) is -0.979. The zero-order valence-corrected chi connectivity index (χ0v) is 15.6. The average Bonchev–Trinajstić information content (AvgIpc) is 3.14. The van der Waals surface area contributed by atoms with E-state index in [2.05, 4.69) is 15.4 Å². The zero-order valence-electron chi connectivity index (χ0n) is 15.6. The largest absolute Gasteiger partial charge is 0.573 e. The molecule has 0 spiro atoms. The van der Waals surface area contributed by atoms with Gasteiger partial charge in [-0.25, -0.2) is 0 Å². The molecule has 1 atom stereocenters. The summed E-state index contributed by atoms with van der Waals surface area (Å²) in [5.74, 6) is -1.57. The summed E-state index contributed by atoms with van der Waals surface area (Å²) in [6.45, 7) is 1.24. The first-order chi connectivity index (χ1) is 14.0. The van der Waals surface area contributed by atoms with Crippen molar-refractivity contribution >= 4 is 17.5 Å². The van der Waals surface area contributed by atoms with Crippen molar-refractivity contribution in [1.29, 1.82) is 0 Å². The summed E-state index contributed by atoms with van der Waals surface area (Å²) in [5, 5.41) is 15.2. The Bertz CT molecular complexity index is 944. The molecule has 2 aromatic carbocycles. The van der Waals surface area contributed by atoms with Crippen LogP contribution < -0.4 is 24.8 Å². The molecule has 1 aliphatic rings. The highest BCUT2D eigenvalue weighted by Gasteiger charge is 2.31. The summed E-state index contributed by atoms with van der Waals surface area (Å²) in [7, 11) is 0. The standard InChI is InChI=1S/C19H17F3N2O6/c1-18(27,11-2-7-14-15(8-11)29-10-28-14)9-23-16(25)17(26)24-12-3-5-13(6-4-12)30-19(20,21)22/h2-8,27H,9-10H2,1H3,(H,23,25)(H,24,26). The Labute approximate surface area is 168 Å². The number of anilines is 1. The lowest BCUT2D eigenvalue weighted by atomic mass is 9.95. The van der Waals surface area contributed by atoms with Gasteiger partial charge in [0.15, 0.2) is 11.5 Å². The highest BCUT2D eigenvalue weighted by molar-refractivity contribution is 6.39. The van der Waals surface area contributed by atoms with Gasteiger partial charge in [-0.3, -0.25) is 9.59 Å². The minimum atomic E-state index is -4.83. The third kappa shape index (κ3) is 5.32. The van der Waals surface area contributed by atoms with E-state index in [9.17, 15) is 27.9 Å². The van der Waals surface area contributed by atoms with Crippen LogP contribution in [0, 0.1) is 0 Å². The van der Waals surface area contributed by atoms with E-state index in [0.29, 0.717) is 17.1 Å².